The smallest absolute Gasteiger partial charge is 0.308 e. The van der Waals surface area contributed by atoms with Crippen molar-refractivity contribution in [3.05, 3.63) is 29.8 Å². The fourth-order valence-corrected chi connectivity index (χ4v) is 1.20. The molecular weight excluding hydrogens is 192 g/mol. The second-order valence-electron chi connectivity index (χ2n) is 3.25. The molecule has 0 unspecified atom stereocenters. The van der Waals surface area contributed by atoms with Gasteiger partial charge in [-0.2, -0.15) is 0 Å². The molecule has 0 radical (unpaired) electrons. The molecule has 0 saturated heterocycles. The standard InChI is InChI=1S/C12H16O3/c1-3-8-14-9-11-6-4-5-7-12(11)15-10(2)13/h4-7H,3,8-9H2,1-2H3. The van der Waals surface area contributed by atoms with Crippen molar-refractivity contribution < 1.29 is 14.3 Å². The van der Waals surface area contributed by atoms with Crippen LogP contribution in [0.1, 0.15) is 25.8 Å². The maximum absolute atomic E-state index is 10.8. The van der Waals surface area contributed by atoms with Gasteiger partial charge in [0, 0.05) is 19.1 Å². The zero-order valence-corrected chi connectivity index (χ0v) is 9.16. The minimum absolute atomic E-state index is 0.307. The van der Waals surface area contributed by atoms with Crippen LogP contribution in [0, 0.1) is 0 Å². The summed E-state index contributed by atoms with van der Waals surface area (Å²) in [6.45, 7) is 4.65. The SMILES string of the molecule is CCCOCc1ccccc1OC(C)=O. The Hall–Kier alpha value is -1.35. The highest BCUT2D eigenvalue weighted by atomic mass is 16.5. The van der Waals surface area contributed by atoms with Crippen molar-refractivity contribution in [1.82, 2.24) is 0 Å². The van der Waals surface area contributed by atoms with E-state index in [9.17, 15) is 4.79 Å². The predicted octanol–water partition coefficient (Wildman–Crippen LogP) is 2.54. The second-order valence-corrected chi connectivity index (χ2v) is 3.25. The summed E-state index contributed by atoms with van der Waals surface area (Å²) in [5.74, 6) is 0.277. The number of benzene rings is 1. The van der Waals surface area contributed by atoms with Crippen molar-refractivity contribution in [1.29, 1.82) is 0 Å². The Morgan fingerprint density at radius 2 is 2.07 bits per heavy atom. The molecule has 1 rings (SSSR count). The van der Waals surface area contributed by atoms with Crippen LogP contribution < -0.4 is 4.74 Å². The van der Waals surface area contributed by atoms with Gasteiger partial charge in [0.15, 0.2) is 0 Å². The Kier molecular flexibility index (Phi) is 4.84. The Balaban J connectivity index is 2.64. The first-order valence-corrected chi connectivity index (χ1v) is 5.08. The molecule has 0 N–H and O–H groups in total. The first kappa shape index (κ1) is 11.7. The van der Waals surface area contributed by atoms with Crippen LogP contribution in [0.5, 0.6) is 5.75 Å². The quantitative estimate of drug-likeness (QED) is 0.424. The topological polar surface area (TPSA) is 35.5 Å². The molecule has 0 aliphatic carbocycles. The van der Waals surface area contributed by atoms with Crippen LogP contribution in [0.25, 0.3) is 0 Å². The van der Waals surface area contributed by atoms with Gasteiger partial charge in [0.25, 0.3) is 0 Å². The summed E-state index contributed by atoms with van der Waals surface area (Å²) in [7, 11) is 0. The first-order chi connectivity index (χ1) is 7.24. The third-order valence-electron chi connectivity index (χ3n) is 1.83. The lowest BCUT2D eigenvalue weighted by molar-refractivity contribution is -0.131. The Morgan fingerprint density at radius 3 is 2.73 bits per heavy atom. The van der Waals surface area contributed by atoms with Crippen molar-refractivity contribution in [3.8, 4) is 5.75 Å². The highest BCUT2D eigenvalue weighted by Gasteiger charge is 2.04. The molecule has 0 saturated carbocycles. The molecule has 0 bridgehead atoms. The molecule has 1 aromatic rings. The average molecular weight is 208 g/mol. The van der Waals surface area contributed by atoms with Crippen molar-refractivity contribution >= 4 is 5.97 Å². The molecule has 1 aromatic carbocycles. The van der Waals surface area contributed by atoms with Gasteiger partial charge in [-0.1, -0.05) is 25.1 Å². The molecule has 82 valence electrons. The third kappa shape index (κ3) is 4.13. The zero-order chi connectivity index (χ0) is 11.1. The number of para-hydroxylation sites is 1. The van der Waals surface area contributed by atoms with Crippen LogP contribution in [0.2, 0.25) is 0 Å². The van der Waals surface area contributed by atoms with Crippen LogP contribution in [-0.2, 0) is 16.1 Å². The van der Waals surface area contributed by atoms with Gasteiger partial charge in [-0.15, -0.1) is 0 Å². The van der Waals surface area contributed by atoms with E-state index in [-0.39, 0.29) is 5.97 Å². The predicted molar refractivity (Wildman–Crippen MR) is 57.7 cm³/mol. The summed E-state index contributed by atoms with van der Waals surface area (Å²) < 4.78 is 10.5. The van der Waals surface area contributed by atoms with Crippen molar-refractivity contribution in [2.75, 3.05) is 6.61 Å². The minimum atomic E-state index is -0.307. The van der Waals surface area contributed by atoms with Crippen LogP contribution in [0.15, 0.2) is 24.3 Å². The minimum Gasteiger partial charge on any atom is -0.426 e. The van der Waals surface area contributed by atoms with Crippen LogP contribution in [0.4, 0.5) is 0 Å². The number of ether oxygens (including phenoxy) is 2. The number of esters is 1. The molecule has 0 aromatic heterocycles. The fraction of sp³-hybridized carbons (Fsp3) is 0.417. The van der Waals surface area contributed by atoms with Crippen LogP contribution in [-0.4, -0.2) is 12.6 Å². The maximum Gasteiger partial charge on any atom is 0.308 e. The fourth-order valence-electron chi connectivity index (χ4n) is 1.20. The summed E-state index contributed by atoms with van der Waals surface area (Å²) in [4.78, 5) is 10.8. The largest absolute Gasteiger partial charge is 0.426 e. The van der Waals surface area contributed by atoms with E-state index < -0.39 is 0 Å². The van der Waals surface area contributed by atoms with E-state index in [0.29, 0.717) is 19.0 Å². The summed E-state index contributed by atoms with van der Waals surface area (Å²) in [5.41, 5.74) is 0.904. The molecule has 0 fully saturated rings. The Labute approximate surface area is 90.0 Å². The van der Waals surface area contributed by atoms with E-state index in [2.05, 4.69) is 6.92 Å². The lowest BCUT2D eigenvalue weighted by atomic mass is 10.2. The first-order valence-electron chi connectivity index (χ1n) is 5.08. The van der Waals surface area contributed by atoms with Crippen LogP contribution in [0.3, 0.4) is 0 Å². The lowest BCUT2D eigenvalue weighted by Crippen LogP contribution is -2.05. The van der Waals surface area contributed by atoms with Gasteiger partial charge in [0.1, 0.15) is 5.75 Å². The van der Waals surface area contributed by atoms with E-state index in [1.54, 1.807) is 6.07 Å². The number of carbonyl (C=O) groups is 1. The van der Waals surface area contributed by atoms with E-state index in [1.165, 1.54) is 6.92 Å². The molecule has 0 spiro atoms. The normalized spacial score (nSPS) is 10.0. The molecule has 0 heterocycles. The summed E-state index contributed by atoms with van der Waals surface area (Å²) in [6, 6.07) is 7.40. The van der Waals surface area contributed by atoms with Gasteiger partial charge in [0.2, 0.25) is 0 Å². The highest BCUT2D eigenvalue weighted by molar-refractivity contribution is 5.69. The van der Waals surface area contributed by atoms with Crippen molar-refractivity contribution in [2.45, 2.75) is 26.9 Å². The van der Waals surface area contributed by atoms with Gasteiger partial charge in [-0.3, -0.25) is 4.79 Å². The molecule has 0 amide bonds. The van der Waals surface area contributed by atoms with Crippen molar-refractivity contribution in [2.24, 2.45) is 0 Å². The van der Waals surface area contributed by atoms with Gasteiger partial charge in [0.05, 0.1) is 6.61 Å². The number of hydrogen-bond acceptors (Lipinski definition) is 3. The monoisotopic (exact) mass is 208 g/mol. The van der Waals surface area contributed by atoms with Gasteiger partial charge in [-0.25, -0.2) is 0 Å². The Morgan fingerprint density at radius 1 is 1.33 bits per heavy atom. The second kappa shape index (κ2) is 6.19. The summed E-state index contributed by atoms with van der Waals surface area (Å²) >= 11 is 0. The molecule has 0 atom stereocenters. The summed E-state index contributed by atoms with van der Waals surface area (Å²) in [6.07, 6.45) is 0.982. The Bertz CT molecular complexity index is 320. The molecule has 0 aliphatic heterocycles. The van der Waals surface area contributed by atoms with Crippen molar-refractivity contribution in [3.63, 3.8) is 0 Å². The average Bonchev–Trinajstić information content (AvgIpc) is 2.20. The number of carbonyl (C=O) groups excluding carboxylic acids is 1. The van der Waals surface area contributed by atoms with E-state index in [4.69, 9.17) is 9.47 Å². The molecule has 3 heteroatoms. The van der Waals surface area contributed by atoms with E-state index >= 15 is 0 Å². The van der Waals surface area contributed by atoms with Gasteiger partial charge in [-0.05, 0) is 12.5 Å². The third-order valence-corrected chi connectivity index (χ3v) is 1.83. The molecule has 0 aliphatic rings. The summed E-state index contributed by atoms with van der Waals surface area (Å²) in [5, 5.41) is 0. The molecular formula is C12H16O3. The zero-order valence-electron chi connectivity index (χ0n) is 9.16. The van der Waals surface area contributed by atoms with Gasteiger partial charge >= 0.3 is 5.97 Å². The van der Waals surface area contributed by atoms with E-state index in [1.807, 2.05) is 18.2 Å². The van der Waals surface area contributed by atoms with Crippen LogP contribution >= 0.6 is 0 Å². The molecule has 3 nitrogen and oxygen atoms in total. The van der Waals surface area contributed by atoms with Gasteiger partial charge < -0.3 is 9.47 Å². The lowest BCUT2D eigenvalue weighted by Gasteiger charge is -2.08. The van der Waals surface area contributed by atoms with E-state index in [0.717, 1.165) is 12.0 Å². The molecule has 15 heavy (non-hydrogen) atoms. The number of rotatable bonds is 5. The number of hydrogen-bond donors (Lipinski definition) is 0. The maximum atomic E-state index is 10.8. The highest BCUT2D eigenvalue weighted by Crippen LogP contribution is 2.18.